The Labute approximate surface area is 74.8 Å². The lowest BCUT2D eigenvalue weighted by molar-refractivity contribution is 0.426. The number of fused-ring (bicyclic) bond motifs is 1. The zero-order valence-electron chi connectivity index (χ0n) is 7.80. The predicted octanol–water partition coefficient (Wildman–Crippen LogP) is 0.901. The van der Waals surface area contributed by atoms with Crippen LogP contribution in [0.4, 0.5) is 0 Å². The predicted molar refractivity (Wildman–Crippen MR) is 53.8 cm³/mol. The Balaban J connectivity index is 2.42. The normalized spacial score (nSPS) is 17.4. The third kappa shape index (κ3) is 1.27. The van der Waals surface area contributed by atoms with Crippen LogP contribution in [0.2, 0.25) is 0 Å². The number of rotatable bonds is 0. The van der Waals surface area contributed by atoms with Gasteiger partial charge in [0.15, 0.2) is 7.98 Å². The van der Waals surface area contributed by atoms with Crippen LogP contribution in [-0.2, 0) is 13.0 Å². The molecule has 1 aliphatic rings. The van der Waals surface area contributed by atoms with Crippen LogP contribution in [0.5, 0.6) is 0 Å². The summed E-state index contributed by atoms with van der Waals surface area (Å²) in [5.41, 5.74) is 4.56. The van der Waals surface area contributed by atoms with Crippen LogP contribution in [0.25, 0.3) is 0 Å². The van der Waals surface area contributed by atoms with Crippen LogP contribution >= 0.6 is 0 Å². The summed E-state index contributed by atoms with van der Waals surface area (Å²) < 4.78 is 0. The Hall–Kier alpha value is -0.755. The second kappa shape index (κ2) is 2.94. The van der Waals surface area contributed by atoms with E-state index in [0.29, 0.717) is 0 Å². The number of aryl methyl sites for hydroxylation is 1. The Bertz CT molecular complexity index is 296. The van der Waals surface area contributed by atoms with E-state index in [-0.39, 0.29) is 0 Å². The summed E-state index contributed by atoms with van der Waals surface area (Å²) >= 11 is 0. The van der Waals surface area contributed by atoms with Gasteiger partial charge in [0.25, 0.3) is 0 Å². The minimum atomic E-state index is 1.12. The minimum Gasteiger partial charge on any atom is -0.345 e. The first-order valence-electron chi connectivity index (χ1n) is 4.53. The monoisotopic (exact) mass is 159 g/mol. The summed E-state index contributed by atoms with van der Waals surface area (Å²) in [7, 11) is 2.19. The van der Waals surface area contributed by atoms with Crippen LogP contribution in [0, 0.1) is 6.92 Å². The molecule has 0 atom stereocenters. The van der Waals surface area contributed by atoms with E-state index in [0.717, 1.165) is 6.54 Å². The molecule has 0 fully saturated rings. The first kappa shape index (κ1) is 7.87. The SMILES string of the molecule is BN1CCc2c(C)cccc2C1. The summed E-state index contributed by atoms with van der Waals surface area (Å²) in [5, 5.41) is 0. The highest BCUT2D eigenvalue weighted by Gasteiger charge is 2.13. The van der Waals surface area contributed by atoms with Gasteiger partial charge in [-0.2, -0.15) is 0 Å². The molecule has 1 aliphatic heterocycles. The third-order valence-corrected chi connectivity index (χ3v) is 2.69. The second-order valence-electron chi connectivity index (χ2n) is 3.70. The summed E-state index contributed by atoms with van der Waals surface area (Å²) in [6.45, 7) is 4.54. The fourth-order valence-corrected chi connectivity index (χ4v) is 1.94. The van der Waals surface area contributed by atoms with Crippen molar-refractivity contribution in [3.05, 3.63) is 34.9 Å². The fourth-order valence-electron chi connectivity index (χ4n) is 1.94. The van der Waals surface area contributed by atoms with Gasteiger partial charge in [-0.1, -0.05) is 18.2 Å². The highest BCUT2D eigenvalue weighted by molar-refractivity contribution is 6.04. The van der Waals surface area contributed by atoms with E-state index in [2.05, 4.69) is 37.9 Å². The van der Waals surface area contributed by atoms with Crippen molar-refractivity contribution in [2.45, 2.75) is 19.9 Å². The number of benzene rings is 1. The Kier molecular flexibility index (Phi) is 1.93. The molecule has 1 aromatic rings. The van der Waals surface area contributed by atoms with E-state index in [1.807, 2.05) is 0 Å². The van der Waals surface area contributed by atoms with Crippen LogP contribution < -0.4 is 0 Å². The molecule has 0 unspecified atom stereocenters. The quantitative estimate of drug-likeness (QED) is 0.508. The lowest BCUT2D eigenvalue weighted by atomic mass is 9.94. The van der Waals surface area contributed by atoms with Gasteiger partial charge < -0.3 is 4.81 Å². The standard InChI is InChI=1S/C10H14BN/c1-8-3-2-4-9-7-12(11)6-5-10(8)9/h2-4H,5-7,11H2,1H3. The maximum absolute atomic E-state index is 2.38. The van der Waals surface area contributed by atoms with Crippen LogP contribution in [-0.4, -0.2) is 19.3 Å². The van der Waals surface area contributed by atoms with Gasteiger partial charge in [-0.25, -0.2) is 0 Å². The van der Waals surface area contributed by atoms with Gasteiger partial charge >= 0.3 is 0 Å². The first-order chi connectivity index (χ1) is 5.77. The Morgan fingerprint density at radius 3 is 3.08 bits per heavy atom. The Morgan fingerprint density at radius 2 is 2.25 bits per heavy atom. The largest absolute Gasteiger partial charge is 0.345 e. The van der Waals surface area contributed by atoms with Crippen molar-refractivity contribution in [3.63, 3.8) is 0 Å². The van der Waals surface area contributed by atoms with Crippen molar-refractivity contribution in [1.82, 2.24) is 4.81 Å². The molecule has 0 N–H and O–H groups in total. The summed E-state index contributed by atoms with van der Waals surface area (Å²) in [6.07, 6.45) is 1.22. The lowest BCUT2D eigenvalue weighted by Gasteiger charge is -2.26. The maximum Gasteiger partial charge on any atom is 0.185 e. The van der Waals surface area contributed by atoms with Crippen LogP contribution in [0.1, 0.15) is 16.7 Å². The molecule has 0 aliphatic carbocycles. The number of hydrogen-bond donors (Lipinski definition) is 0. The van der Waals surface area contributed by atoms with Crippen molar-refractivity contribution in [3.8, 4) is 0 Å². The molecule has 0 spiro atoms. The molecule has 2 rings (SSSR count). The zero-order chi connectivity index (χ0) is 8.55. The van der Waals surface area contributed by atoms with Gasteiger partial charge in [-0.05, 0) is 36.6 Å². The van der Waals surface area contributed by atoms with Gasteiger partial charge in [0.05, 0.1) is 0 Å². The van der Waals surface area contributed by atoms with Gasteiger partial charge in [0.2, 0.25) is 0 Å². The van der Waals surface area contributed by atoms with Gasteiger partial charge in [-0.3, -0.25) is 0 Å². The van der Waals surface area contributed by atoms with Gasteiger partial charge in [0, 0.05) is 6.54 Å². The molecule has 1 nitrogen and oxygen atoms in total. The average Bonchev–Trinajstić information content (AvgIpc) is 2.04. The third-order valence-electron chi connectivity index (χ3n) is 2.69. The smallest absolute Gasteiger partial charge is 0.185 e. The van der Waals surface area contributed by atoms with E-state index in [1.54, 1.807) is 5.56 Å². The average molecular weight is 159 g/mol. The van der Waals surface area contributed by atoms with Crippen LogP contribution in [0.3, 0.4) is 0 Å². The maximum atomic E-state index is 2.38. The second-order valence-corrected chi connectivity index (χ2v) is 3.70. The molecule has 2 heteroatoms. The highest BCUT2D eigenvalue weighted by Crippen LogP contribution is 2.20. The van der Waals surface area contributed by atoms with E-state index in [1.165, 1.54) is 24.1 Å². The van der Waals surface area contributed by atoms with E-state index in [9.17, 15) is 0 Å². The van der Waals surface area contributed by atoms with E-state index >= 15 is 0 Å². The molecule has 62 valence electrons. The van der Waals surface area contributed by atoms with Crippen molar-refractivity contribution < 1.29 is 0 Å². The highest BCUT2D eigenvalue weighted by atomic mass is 15.0. The Morgan fingerprint density at radius 1 is 1.42 bits per heavy atom. The molecule has 0 aromatic heterocycles. The molecule has 0 amide bonds. The van der Waals surface area contributed by atoms with Crippen molar-refractivity contribution in [2.75, 3.05) is 6.54 Å². The molecule has 1 heterocycles. The summed E-state index contributed by atoms with van der Waals surface area (Å²) in [6, 6.07) is 6.62. The minimum absolute atomic E-state index is 1.12. The fraction of sp³-hybridized carbons (Fsp3) is 0.400. The van der Waals surface area contributed by atoms with Crippen molar-refractivity contribution >= 4 is 7.98 Å². The summed E-state index contributed by atoms with van der Waals surface area (Å²) in [4.78, 5) is 2.38. The molecular weight excluding hydrogens is 145 g/mol. The summed E-state index contributed by atoms with van der Waals surface area (Å²) in [5.74, 6) is 0. The molecular formula is C10H14BN. The number of nitrogens with zero attached hydrogens (tertiary/aromatic N) is 1. The molecule has 12 heavy (non-hydrogen) atoms. The van der Waals surface area contributed by atoms with Crippen molar-refractivity contribution in [2.24, 2.45) is 0 Å². The van der Waals surface area contributed by atoms with E-state index < -0.39 is 0 Å². The van der Waals surface area contributed by atoms with Crippen LogP contribution in [0.15, 0.2) is 18.2 Å². The molecule has 0 saturated heterocycles. The zero-order valence-corrected chi connectivity index (χ0v) is 7.80. The van der Waals surface area contributed by atoms with E-state index in [4.69, 9.17) is 0 Å². The molecule has 0 saturated carbocycles. The lowest BCUT2D eigenvalue weighted by Crippen LogP contribution is -2.28. The molecule has 0 radical (unpaired) electrons. The first-order valence-corrected chi connectivity index (χ1v) is 4.53. The molecule has 0 bridgehead atoms. The number of hydrogen-bond acceptors (Lipinski definition) is 1. The van der Waals surface area contributed by atoms with Crippen molar-refractivity contribution in [1.29, 1.82) is 0 Å². The van der Waals surface area contributed by atoms with Gasteiger partial charge in [0.1, 0.15) is 0 Å². The van der Waals surface area contributed by atoms with Gasteiger partial charge in [-0.15, -0.1) is 0 Å². The topological polar surface area (TPSA) is 3.24 Å². The molecule has 1 aromatic carbocycles.